The first-order chi connectivity index (χ1) is 9.07. The number of likely N-dealkylation sites (tertiary alicyclic amines) is 1. The Morgan fingerprint density at radius 1 is 1.32 bits per heavy atom. The lowest BCUT2D eigenvalue weighted by Gasteiger charge is -2.32. The number of hydrogen-bond donors (Lipinski definition) is 3. The molecule has 3 N–H and O–H groups in total. The van der Waals surface area contributed by atoms with Gasteiger partial charge in [0.1, 0.15) is 5.54 Å². The molecule has 2 amide bonds. The minimum Gasteiger partial charge on any atom is -0.480 e. The molecule has 1 aliphatic carbocycles. The molecule has 19 heavy (non-hydrogen) atoms. The number of carbonyl (C=O) groups excluding carboxylic acids is 1. The molecule has 0 aromatic heterocycles. The molecule has 2 fully saturated rings. The van der Waals surface area contributed by atoms with E-state index in [-0.39, 0.29) is 18.7 Å². The highest BCUT2D eigenvalue weighted by Crippen LogP contribution is 2.35. The normalized spacial score (nSPS) is 22.1. The van der Waals surface area contributed by atoms with Gasteiger partial charge in [-0.2, -0.15) is 0 Å². The second-order valence-electron chi connectivity index (χ2n) is 5.10. The maximum atomic E-state index is 11.9. The first kappa shape index (κ1) is 14.1. The lowest BCUT2D eigenvalue weighted by Crippen LogP contribution is -2.52. The Labute approximate surface area is 111 Å². The van der Waals surface area contributed by atoms with Crippen molar-refractivity contribution < 1.29 is 24.5 Å². The molecule has 1 saturated heterocycles. The molecule has 2 rings (SSSR count). The van der Waals surface area contributed by atoms with Crippen LogP contribution >= 0.6 is 0 Å². The summed E-state index contributed by atoms with van der Waals surface area (Å²) in [6.45, 7) is 1.43. The molecule has 2 aliphatic rings. The summed E-state index contributed by atoms with van der Waals surface area (Å²) in [7, 11) is 0. The predicted octanol–water partition coefficient (Wildman–Crippen LogP) is -0.214. The standard InChI is InChI=1S/C12H20N2O5/c15-7-8-19-9-1-5-14(6-2-9)11(18)13-12(3-4-12)10(16)17/h9,15H,1-8H2,(H,13,18)(H,16,17). The van der Waals surface area contributed by atoms with E-state index in [1.807, 2.05) is 0 Å². The highest BCUT2D eigenvalue weighted by atomic mass is 16.5. The van der Waals surface area contributed by atoms with Crippen molar-refractivity contribution in [2.24, 2.45) is 0 Å². The number of ether oxygens (including phenoxy) is 1. The van der Waals surface area contributed by atoms with Gasteiger partial charge in [-0.3, -0.25) is 0 Å². The number of carboxylic acids is 1. The molecule has 0 radical (unpaired) electrons. The second kappa shape index (κ2) is 5.75. The van der Waals surface area contributed by atoms with E-state index in [0.29, 0.717) is 45.4 Å². The Morgan fingerprint density at radius 2 is 1.95 bits per heavy atom. The Kier molecular flexibility index (Phi) is 4.26. The van der Waals surface area contributed by atoms with Crippen LogP contribution in [0.5, 0.6) is 0 Å². The van der Waals surface area contributed by atoms with Gasteiger partial charge in [-0.15, -0.1) is 0 Å². The number of hydrogen-bond acceptors (Lipinski definition) is 4. The summed E-state index contributed by atoms with van der Waals surface area (Å²) in [6.07, 6.45) is 2.51. The maximum absolute atomic E-state index is 11.9. The van der Waals surface area contributed by atoms with Gasteiger partial charge in [0.25, 0.3) is 0 Å². The number of carbonyl (C=O) groups is 2. The van der Waals surface area contributed by atoms with Crippen molar-refractivity contribution in [2.45, 2.75) is 37.3 Å². The van der Waals surface area contributed by atoms with Crippen LogP contribution in [0.25, 0.3) is 0 Å². The molecular formula is C12H20N2O5. The van der Waals surface area contributed by atoms with Crippen LogP contribution < -0.4 is 5.32 Å². The number of carboxylic acid groups (broad SMARTS) is 1. The molecule has 1 aliphatic heterocycles. The minimum absolute atomic E-state index is 0.00182. The van der Waals surface area contributed by atoms with E-state index in [1.54, 1.807) is 4.90 Å². The van der Waals surface area contributed by atoms with E-state index >= 15 is 0 Å². The summed E-state index contributed by atoms with van der Waals surface area (Å²) in [5.41, 5.74) is -1.03. The second-order valence-corrected chi connectivity index (χ2v) is 5.10. The van der Waals surface area contributed by atoms with Crippen LogP contribution in [0.1, 0.15) is 25.7 Å². The third kappa shape index (κ3) is 3.36. The quantitative estimate of drug-likeness (QED) is 0.643. The monoisotopic (exact) mass is 272 g/mol. The van der Waals surface area contributed by atoms with Crippen molar-refractivity contribution in [3.05, 3.63) is 0 Å². The SMILES string of the molecule is O=C(NC1(C(=O)O)CC1)N1CCC(OCCO)CC1. The number of aliphatic hydroxyl groups is 1. The van der Waals surface area contributed by atoms with Gasteiger partial charge in [0.2, 0.25) is 0 Å². The van der Waals surface area contributed by atoms with E-state index < -0.39 is 11.5 Å². The van der Waals surface area contributed by atoms with Gasteiger partial charge in [-0.05, 0) is 25.7 Å². The van der Waals surface area contributed by atoms with Crippen molar-refractivity contribution in [1.29, 1.82) is 0 Å². The smallest absolute Gasteiger partial charge is 0.329 e. The third-order valence-electron chi connectivity index (χ3n) is 3.68. The molecule has 0 aromatic carbocycles. The highest BCUT2D eigenvalue weighted by molar-refractivity contribution is 5.88. The Bertz CT molecular complexity index is 348. The average Bonchev–Trinajstić information content (AvgIpc) is 3.18. The van der Waals surface area contributed by atoms with Crippen molar-refractivity contribution >= 4 is 12.0 Å². The van der Waals surface area contributed by atoms with Gasteiger partial charge in [0.05, 0.1) is 19.3 Å². The predicted molar refractivity (Wildman–Crippen MR) is 65.8 cm³/mol. The first-order valence-electron chi connectivity index (χ1n) is 6.60. The fraction of sp³-hybridized carbons (Fsp3) is 0.833. The molecule has 0 bridgehead atoms. The average molecular weight is 272 g/mol. The molecule has 0 unspecified atom stereocenters. The zero-order valence-electron chi connectivity index (χ0n) is 10.8. The number of amides is 2. The summed E-state index contributed by atoms with van der Waals surface area (Å²) in [4.78, 5) is 24.6. The van der Waals surface area contributed by atoms with E-state index in [2.05, 4.69) is 5.32 Å². The van der Waals surface area contributed by atoms with Crippen LogP contribution in [-0.2, 0) is 9.53 Å². The lowest BCUT2D eigenvalue weighted by molar-refractivity contribution is -0.140. The maximum Gasteiger partial charge on any atom is 0.329 e. The number of rotatable bonds is 5. The van der Waals surface area contributed by atoms with E-state index in [4.69, 9.17) is 14.9 Å². The molecule has 108 valence electrons. The zero-order valence-corrected chi connectivity index (χ0v) is 10.8. The van der Waals surface area contributed by atoms with Crippen molar-refractivity contribution in [2.75, 3.05) is 26.3 Å². The molecule has 7 heteroatoms. The molecule has 0 atom stereocenters. The topological polar surface area (TPSA) is 99.1 Å². The third-order valence-corrected chi connectivity index (χ3v) is 3.68. The summed E-state index contributed by atoms with van der Waals surface area (Å²) >= 11 is 0. The Morgan fingerprint density at radius 3 is 2.42 bits per heavy atom. The summed E-state index contributed by atoms with van der Waals surface area (Å²) < 4.78 is 5.41. The van der Waals surface area contributed by atoms with Crippen LogP contribution in [-0.4, -0.2) is 65.1 Å². The molecule has 0 aromatic rings. The van der Waals surface area contributed by atoms with Gasteiger partial charge in [0.15, 0.2) is 0 Å². The van der Waals surface area contributed by atoms with Gasteiger partial charge in [-0.25, -0.2) is 9.59 Å². The van der Waals surface area contributed by atoms with Crippen molar-refractivity contribution in [3.63, 3.8) is 0 Å². The summed E-state index contributed by atoms with van der Waals surface area (Å²) in [5.74, 6) is -0.956. The van der Waals surface area contributed by atoms with Crippen LogP contribution in [0.15, 0.2) is 0 Å². The molecule has 7 nitrogen and oxygen atoms in total. The lowest BCUT2D eigenvalue weighted by atomic mass is 10.1. The summed E-state index contributed by atoms with van der Waals surface area (Å²) in [6, 6.07) is -0.305. The number of piperidine rings is 1. The number of aliphatic hydroxyl groups excluding tert-OH is 1. The van der Waals surface area contributed by atoms with Crippen molar-refractivity contribution in [3.8, 4) is 0 Å². The molecule has 1 heterocycles. The number of aliphatic carboxylic acids is 1. The Hall–Kier alpha value is -1.34. The fourth-order valence-corrected chi connectivity index (χ4v) is 2.25. The van der Waals surface area contributed by atoms with E-state index in [9.17, 15) is 9.59 Å². The zero-order chi connectivity index (χ0) is 13.9. The summed E-state index contributed by atoms with van der Waals surface area (Å²) in [5, 5.41) is 20.3. The van der Waals surface area contributed by atoms with Gasteiger partial charge in [-0.1, -0.05) is 0 Å². The van der Waals surface area contributed by atoms with Crippen LogP contribution in [0, 0.1) is 0 Å². The minimum atomic E-state index is -1.03. The van der Waals surface area contributed by atoms with E-state index in [1.165, 1.54) is 0 Å². The number of nitrogens with zero attached hydrogens (tertiary/aromatic N) is 1. The number of nitrogens with one attached hydrogen (secondary N) is 1. The molecule has 0 spiro atoms. The number of urea groups is 1. The van der Waals surface area contributed by atoms with Crippen LogP contribution in [0.3, 0.4) is 0 Å². The van der Waals surface area contributed by atoms with Crippen molar-refractivity contribution in [1.82, 2.24) is 10.2 Å². The largest absolute Gasteiger partial charge is 0.480 e. The fourth-order valence-electron chi connectivity index (χ4n) is 2.25. The van der Waals surface area contributed by atoms with Gasteiger partial charge < -0.3 is 25.2 Å². The van der Waals surface area contributed by atoms with Gasteiger partial charge in [0, 0.05) is 13.1 Å². The first-order valence-corrected chi connectivity index (χ1v) is 6.60. The molecular weight excluding hydrogens is 252 g/mol. The van der Waals surface area contributed by atoms with Gasteiger partial charge >= 0.3 is 12.0 Å². The highest BCUT2D eigenvalue weighted by Gasteiger charge is 2.52. The van der Waals surface area contributed by atoms with Crippen LogP contribution in [0.2, 0.25) is 0 Å². The molecule has 1 saturated carbocycles. The van der Waals surface area contributed by atoms with E-state index in [0.717, 1.165) is 0 Å². The van der Waals surface area contributed by atoms with Crippen LogP contribution in [0.4, 0.5) is 4.79 Å². The Balaban J connectivity index is 1.75.